The summed E-state index contributed by atoms with van der Waals surface area (Å²) in [5, 5.41) is 9.79. The van der Waals surface area contributed by atoms with Crippen molar-refractivity contribution in [1.29, 1.82) is 0 Å². The summed E-state index contributed by atoms with van der Waals surface area (Å²) in [6.45, 7) is 2.30. The van der Waals surface area contributed by atoms with Crippen molar-refractivity contribution >= 4 is 92.1 Å². The Morgan fingerprint density at radius 1 is 0.492 bits per heavy atom. The number of nitrogens with zero attached hydrogens (tertiary/aromatic N) is 3. The first kappa shape index (κ1) is 35.5. The number of amidine groups is 1. The molecule has 3 heterocycles. The highest BCUT2D eigenvalue weighted by atomic mass is 32.1. The van der Waals surface area contributed by atoms with Gasteiger partial charge in [-0.15, -0.1) is 11.3 Å². The van der Waals surface area contributed by atoms with Gasteiger partial charge in [0.1, 0.15) is 0 Å². The van der Waals surface area contributed by atoms with Gasteiger partial charge >= 0.3 is 0 Å². The second-order valence-corrected chi connectivity index (χ2v) is 17.2. The maximum absolute atomic E-state index is 5.71. The predicted octanol–water partition coefficient (Wildman–Crippen LogP) is 15.4. The molecular weight excluding hydrogens is 759 g/mol. The van der Waals surface area contributed by atoms with Crippen LogP contribution in [0.5, 0.6) is 0 Å². The minimum absolute atomic E-state index is 0.139. The molecule has 1 aliphatic rings. The third kappa shape index (κ3) is 6.02. The summed E-state index contributed by atoms with van der Waals surface area (Å²) in [6, 6.07) is 70.3. The molecule has 9 aromatic carbocycles. The Morgan fingerprint density at radius 2 is 1.18 bits per heavy atom. The average Bonchev–Trinajstić information content (AvgIpc) is 3.86. The lowest BCUT2D eigenvalue weighted by molar-refractivity contribution is 0.790. The molecule has 0 unspecified atom stereocenters. The topological polar surface area (TPSA) is 29.6 Å². The summed E-state index contributed by atoms with van der Waals surface area (Å²) in [5.74, 6) is 0.861. The first-order valence-electron chi connectivity index (χ1n) is 21.0. The van der Waals surface area contributed by atoms with Crippen molar-refractivity contribution in [2.75, 3.05) is 0 Å². The highest BCUT2D eigenvalue weighted by Gasteiger charge is 2.24. The molecular formula is C57H39N3S. The van der Waals surface area contributed by atoms with Crippen LogP contribution < -0.4 is 0 Å². The molecule has 0 saturated carbocycles. The van der Waals surface area contributed by atoms with E-state index < -0.39 is 0 Å². The monoisotopic (exact) mass is 797 g/mol. The van der Waals surface area contributed by atoms with Crippen LogP contribution in [0.3, 0.4) is 0 Å². The highest BCUT2D eigenvalue weighted by molar-refractivity contribution is 7.26. The molecule has 1 atom stereocenters. The number of para-hydroxylation sites is 1. The van der Waals surface area contributed by atoms with E-state index in [1.165, 1.54) is 74.6 Å². The molecule has 0 N–H and O–H groups in total. The predicted molar refractivity (Wildman–Crippen MR) is 262 cm³/mol. The molecule has 3 nitrogen and oxygen atoms in total. The van der Waals surface area contributed by atoms with E-state index in [1.54, 1.807) is 0 Å². The van der Waals surface area contributed by atoms with Crippen molar-refractivity contribution in [3.63, 3.8) is 0 Å². The van der Waals surface area contributed by atoms with Gasteiger partial charge in [0.25, 0.3) is 0 Å². The maximum atomic E-state index is 5.71. The lowest BCUT2D eigenvalue weighted by Gasteiger charge is -2.20. The number of hydrogen-bond donors (Lipinski definition) is 0. The summed E-state index contributed by atoms with van der Waals surface area (Å²) in [6.07, 6.45) is 3.13. The molecule has 12 rings (SSSR count). The Kier molecular flexibility index (Phi) is 8.39. The fourth-order valence-corrected chi connectivity index (χ4v) is 10.6. The molecule has 0 radical (unpaired) electrons. The van der Waals surface area contributed by atoms with Crippen molar-refractivity contribution in [3.8, 4) is 16.8 Å². The molecule has 0 aliphatic carbocycles. The number of aromatic nitrogens is 1. The quantitative estimate of drug-likeness (QED) is 0.166. The second-order valence-electron chi connectivity index (χ2n) is 16.2. The van der Waals surface area contributed by atoms with Crippen LogP contribution in [0.2, 0.25) is 0 Å². The van der Waals surface area contributed by atoms with Crippen LogP contribution in [0.1, 0.15) is 30.0 Å². The number of fused-ring (bicyclic) bond motifs is 8. The third-order valence-electron chi connectivity index (χ3n) is 12.4. The Labute approximate surface area is 357 Å². The van der Waals surface area contributed by atoms with Crippen LogP contribution in [0, 0.1) is 5.92 Å². The van der Waals surface area contributed by atoms with Crippen LogP contribution in [-0.4, -0.2) is 16.1 Å². The Bertz CT molecular complexity index is 3640. The van der Waals surface area contributed by atoms with Crippen molar-refractivity contribution in [3.05, 3.63) is 217 Å². The van der Waals surface area contributed by atoms with Crippen LogP contribution in [0.4, 0.5) is 0 Å². The molecule has 0 spiro atoms. The van der Waals surface area contributed by atoms with Crippen molar-refractivity contribution in [2.45, 2.75) is 13.3 Å². The van der Waals surface area contributed by atoms with Gasteiger partial charge in [-0.2, -0.15) is 0 Å². The van der Waals surface area contributed by atoms with Crippen LogP contribution in [0.15, 0.2) is 210 Å². The van der Waals surface area contributed by atoms with Crippen molar-refractivity contribution in [2.24, 2.45) is 15.9 Å². The Hall–Kier alpha value is -7.40. The summed E-state index contributed by atoms with van der Waals surface area (Å²) in [7, 11) is 0. The lowest BCUT2D eigenvalue weighted by atomic mass is 9.91. The molecule has 2 aromatic heterocycles. The van der Waals surface area contributed by atoms with Crippen molar-refractivity contribution in [1.82, 2.24) is 4.57 Å². The number of allylic oxidation sites excluding steroid dienone is 1. The molecule has 1 aliphatic heterocycles. The van der Waals surface area contributed by atoms with E-state index in [-0.39, 0.29) is 5.92 Å². The van der Waals surface area contributed by atoms with Gasteiger partial charge in [-0.25, -0.2) is 9.98 Å². The fourth-order valence-electron chi connectivity index (χ4n) is 9.39. The maximum Gasteiger partial charge on any atom is 0.160 e. The Balaban J connectivity index is 1.13. The Morgan fingerprint density at radius 3 is 2.03 bits per heavy atom. The van der Waals surface area contributed by atoms with Gasteiger partial charge in [-0.3, -0.25) is 0 Å². The van der Waals surface area contributed by atoms with E-state index in [1.807, 2.05) is 11.3 Å². The normalized spacial score (nSPS) is 15.6. The molecule has 0 bridgehead atoms. The van der Waals surface area contributed by atoms with Gasteiger partial charge in [-0.05, 0) is 93.2 Å². The summed E-state index contributed by atoms with van der Waals surface area (Å²) < 4.78 is 4.93. The molecule has 11 aromatic rings. The number of hydrogen-bond acceptors (Lipinski definition) is 3. The van der Waals surface area contributed by atoms with E-state index in [2.05, 4.69) is 212 Å². The van der Waals surface area contributed by atoms with E-state index in [9.17, 15) is 0 Å². The minimum Gasteiger partial charge on any atom is -0.308 e. The zero-order valence-corrected chi connectivity index (χ0v) is 34.4. The van der Waals surface area contributed by atoms with Gasteiger partial charge in [0, 0.05) is 43.3 Å². The molecule has 0 amide bonds. The van der Waals surface area contributed by atoms with Gasteiger partial charge in [0.2, 0.25) is 0 Å². The van der Waals surface area contributed by atoms with Gasteiger partial charge in [0.15, 0.2) is 5.84 Å². The summed E-state index contributed by atoms with van der Waals surface area (Å²) in [4.78, 5) is 11.3. The first-order valence-corrected chi connectivity index (χ1v) is 21.9. The SMILES string of the molecule is C[C@@H]1C/C=C(\c2cccc(-c3ccccc3)c2)N=C(c2ccc(-n3c4ccccc4c4cc5ccccc5cc43)c3sc4ccccc4c23)N=C1c1ccc2ccccc2c1. The average molecular weight is 798 g/mol. The molecule has 4 heteroatoms. The van der Waals surface area contributed by atoms with Crippen LogP contribution >= 0.6 is 11.3 Å². The zero-order valence-electron chi connectivity index (χ0n) is 33.6. The molecule has 288 valence electrons. The molecule has 61 heavy (non-hydrogen) atoms. The van der Waals surface area contributed by atoms with E-state index in [0.29, 0.717) is 0 Å². The number of rotatable bonds is 5. The van der Waals surface area contributed by atoms with E-state index in [4.69, 9.17) is 9.98 Å². The van der Waals surface area contributed by atoms with Crippen molar-refractivity contribution < 1.29 is 0 Å². The highest BCUT2D eigenvalue weighted by Crippen LogP contribution is 2.44. The van der Waals surface area contributed by atoms with Gasteiger partial charge in [-0.1, -0.05) is 159 Å². The zero-order chi connectivity index (χ0) is 40.4. The van der Waals surface area contributed by atoms with Gasteiger partial charge < -0.3 is 4.57 Å². The number of thiophene rings is 1. The van der Waals surface area contributed by atoms with E-state index >= 15 is 0 Å². The third-order valence-corrected chi connectivity index (χ3v) is 13.6. The largest absolute Gasteiger partial charge is 0.308 e. The summed E-state index contributed by atoms with van der Waals surface area (Å²) >= 11 is 1.85. The number of benzene rings is 9. The standard InChI is InChI=1S/C57H39N3S/c1-36-26-30-49(43-21-13-20-40(32-43)37-14-3-2-4-15-37)58-57(59-55(36)44-28-27-38-16-5-6-17-39(38)33-44)47-29-31-51(56-54(47)46-23-10-12-25-53(46)61-56)60-50-24-11-9-22-45(50)48-34-41-18-7-8-19-42(41)35-52(48)60/h2-25,27-36H,26H2,1H3/b49-30+,58-57?,59-55?/t36-/m1/s1. The molecule has 0 fully saturated rings. The van der Waals surface area contributed by atoms with Gasteiger partial charge in [0.05, 0.1) is 32.8 Å². The fraction of sp³-hybridized carbons (Fsp3) is 0.0526. The number of aliphatic imine (C=N–C) groups is 2. The lowest BCUT2D eigenvalue weighted by Crippen LogP contribution is -2.17. The van der Waals surface area contributed by atoms with Crippen LogP contribution in [-0.2, 0) is 0 Å². The minimum atomic E-state index is 0.139. The molecule has 0 saturated heterocycles. The second kappa shape index (κ2) is 14.4. The first-order chi connectivity index (χ1) is 30.1. The summed E-state index contributed by atoms with van der Waals surface area (Å²) in [5.41, 5.74) is 11.1. The smallest absolute Gasteiger partial charge is 0.160 e. The van der Waals surface area contributed by atoms with E-state index in [0.717, 1.165) is 46.0 Å². The van der Waals surface area contributed by atoms with Crippen LogP contribution in [0.25, 0.3) is 86.0 Å².